The Kier molecular flexibility index (Phi) is 5.84. The summed E-state index contributed by atoms with van der Waals surface area (Å²) in [6, 6.07) is 6.53. The quantitative estimate of drug-likeness (QED) is 0.825. The lowest BCUT2D eigenvalue weighted by atomic mass is 9.93. The van der Waals surface area contributed by atoms with Gasteiger partial charge in [0.25, 0.3) is 0 Å². The number of nitrogens with one attached hydrogen (secondary N) is 1. The highest BCUT2D eigenvalue weighted by atomic mass is 16.5. The van der Waals surface area contributed by atoms with E-state index in [4.69, 9.17) is 9.47 Å². The second-order valence-corrected chi connectivity index (χ2v) is 7.23. The first-order valence-corrected chi connectivity index (χ1v) is 9.44. The first-order chi connectivity index (χ1) is 12.1. The molecule has 5 heteroatoms. The predicted octanol–water partition coefficient (Wildman–Crippen LogP) is 2.83. The fourth-order valence-corrected chi connectivity index (χ4v) is 3.58. The molecule has 1 aromatic carbocycles. The summed E-state index contributed by atoms with van der Waals surface area (Å²) in [6.45, 7) is 7.39. The number of likely N-dealkylation sites (tertiary alicyclic amines) is 1. The molecule has 1 aliphatic heterocycles. The van der Waals surface area contributed by atoms with E-state index in [-0.39, 0.29) is 0 Å². The van der Waals surface area contributed by atoms with Gasteiger partial charge in [-0.2, -0.15) is 0 Å². The lowest BCUT2D eigenvalue weighted by Gasteiger charge is -2.37. The molecule has 1 amide bonds. The van der Waals surface area contributed by atoms with Crippen molar-refractivity contribution in [2.24, 2.45) is 11.8 Å². The smallest absolute Gasteiger partial charge is 0.225 e. The Morgan fingerprint density at radius 3 is 2.72 bits per heavy atom. The summed E-state index contributed by atoms with van der Waals surface area (Å²) in [5.74, 6) is 2.74. The lowest BCUT2D eigenvalue weighted by molar-refractivity contribution is -0.134. The molecule has 0 spiro atoms. The average molecular weight is 346 g/mol. The summed E-state index contributed by atoms with van der Waals surface area (Å²) in [5.41, 5.74) is 1.18. The highest BCUT2D eigenvalue weighted by Gasteiger charge is 2.36. The summed E-state index contributed by atoms with van der Waals surface area (Å²) in [4.78, 5) is 14.3. The average Bonchev–Trinajstić information content (AvgIpc) is 3.46. The fraction of sp³-hybridized carbons (Fsp3) is 0.650. The third-order valence-corrected chi connectivity index (χ3v) is 5.24. The molecule has 0 radical (unpaired) electrons. The van der Waals surface area contributed by atoms with Gasteiger partial charge in [0, 0.05) is 31.6 Å². The summed E-state index contributed by atoms with van der Waals surface area (Å²) in [6.07, 6.45) is 3.20. The van der Waals surface area contributed by atoms with Crippen LogP contribution in [0, 0.1) is 11.8 Å². The number of piperidine rings is 1. The van der Waals surface area contributed by atoms with Crippen molar-refractivity contribution < 1.29 is 14.3 Å². The third kappa shape index (κ3) is 4.46. The van der Waals surface area contributed by atoms with Crippen molar-refractivity contribution in [2.75, 3.05) is 26.8 Å². The summed E-state index contributed by atoms with van der Waals surface area (Å²) >= 11 is 0. The van der Waals surface area contributed by atoms with E-state index in [1.807, 2.05) is 19.1 Å². The zero-order chi connectivity index (χ0) is 17.8. The van der Waals surface area contributed by atoms with Crippen LogP contribution in [0.2, 0.25) is 0 Å². The van der Waals surface area contributed by atoms with E-state index in [1.165, 1.54) is 5.56 Å². The molecular weight excluding hydrogens is 316 g/mol. The van der Waals surface area contributed by atoms with Crippen LogP contribution in [0.5, 0.6) is 11.5 Å². The number of ether oxygens (including phenoxy) is 2. The molecule has 2 aliphatic rings. The first-order valence-electron chi connectivity index (χ1n) is 9.44. The molecule has 0 aromatic heterocycles. The first kappa shape index (κ1) is 18.1. The van der Waals surface area contributed by atoms with E-state index in [1.54, 1.807) is 7.11 Å². The van der Waals surface area contributed by atoms with Crippen molar-refractivity contribution in [3.8, 4) is 11.5 Å². The highest BCUT2D eigenvalue weighted by Crippen LogP contribution is 2.32. The molecular formula is C20H30N2O3. The number of carbonyl (C=O) groups is 1. The van der Waals surface area contributed by atoms with E-state index in [9.17, 15) is 4.79 Å². The topological polar surface area (TPSA) is 50.8 Å². The number of carbonyl (C=O) groups excluding carboxylic acids is 1. The van der Waals surface area contributed by atoms with E-state index < -0.39 is 0 Å². The highest BCUT2D eigenvalue weighted by molar-refractivity contribution is 5.81. The Bertz CT molecular complexity index is 601. The Morgan fingerprint density at radius 2 is 2.08 bits per heavy atom. The Morgan fingerprint density at radius 1 is 1.28 bits per heavy atom. The molecule has 1 aromatic rings. The standard InChI is InChI=1S/C20H30N2O3/c1-4-25-18-8-5-15(11-19(18)24-3)12-21-17-9-10-22(13-14(17)2)20(23)16-6-7-16/h5,8,11,14,16-17,21H,4,6-7,9-10,12-13H2,1-3H3/t14-,17+/m1/s1. The zero-order valence-corrected chi connectivity index (χ0v) is 15.6. The summed E-state index contributed by atoms with van der Waals surface area (Å²) in [5, 5.41) is 3.66. The van der Waals surface area contributed by atoms with E-state index in [0.717, 1.165) is 50.4 Å². The molecule has 1 N–H and O–H groups in total. The second-order valence-electron chi connectivity index (χ2n) is 7.23. The number of methoxy groups -OCH3 is 1. The largest absolute Gasteiger partial charge is 0.493 e. The molecule has 1 heterocycles. The summed E-state index contributed by atoms with van der Waals surface area (Å²) in [7, 11) is 1.67. The minimum atomic E-state index is 0.327. The van der Waals surface area contributed by atoms with Gasteiger partial charge in [0.15, 0.2) is 11.5 Å². The molecule has 1 saturated carbocycles. The van der Waals surface area contributed by atoms with Gasteiger partial charge in [-0.3, -0.25) is 4.79 Å². The van der Waals surface area contributed by atoms with Gasteiger partial charge in [0.05, 0.1) is 13.7 Å². The van der Waals surface area contributed by atoms with Crippen molar-refractivity contribution in [3.63, 3.8) is 0 Å². The van der Waals surface area contributed by atoms with Crippen LogP contribution >= 0.6 is 0 Å². The van der Waals surface area contributed by atoms with Gasteiger partial charge < -0.3 is 19.7 Å². The van der Waals surface area contributed by atoms with Crippen LogP contribution in [-0.2, 0) is 11.3 Å². The normalized spacial score (nSPS) is 23.4. The molecule has 2 fully saturated rings. The Labute approximate surface area is 150 Å². The number of hydrogen-bond acceptors (Lipinski definition) is 4. The van der Waals surface area contributed by atoms with Crippen LogP contribution in [0.4, 0.5) is 0 Å². The number of amides is 1. The van der Waals surface area contributed by atoms with Gasteiger partial charge in [-0.15, -0.1) is 0 Å². The zero-order valence-electron chi connectivity index (χ0n) is 15.6. The Hall–Kier alpha value is -1.75. The number of benzene rings is 1. The van der Waals surface area contributed by atoms with Crippen LogP contribution in [-0.4, -0.2) is 43.7 Å². The number of nitrogens with zero attached hydrogens (tertiary/aromatic N) is 1. The molecule has 3 rings (SSSR count). The van der Waals surface area contributed by atoms with Crippen LogP contribution in [0.25, 0.3) is 0 Å². The molecule has 25 heavy (non-hydrogen) atoms. The SMILES string of the molecule is CCOc1ccc(CN[C@H]2CCN(C(=O)C3CC3)C[C@H]2C)cc1OC. The molecule has 1 saturated heterocycles. The van der Waals surface area contributed by atoms with Crippen molar-refractivity contribution in [3.05, 3.63) is 23.8 Å². The van der Waals surface area contributed by atoms with Crippen molar-refractivity contribution in [2.45, 2.75) is 45.7 Å². The minimum absolute atomic E-state index is 0.327. The van der Waals surface area contributed by atoms with E-state index in [0.29, 0.717) is 30.4 Å². The van der Waals surface area contributed by atoms with Gasteiger partial charge >= 0.3 is 0 Å². The van der Waals surface area contributed by atoms with E-state index >= 15 is 0 Å². The maximum atomic E-state index is 12.2. The van der Waals surface area contributed by atoms with Crippen LogP contribution in [0.3, 0.4) is 0 Å². The van der Waals surface area contributed by atoms with Crippen LogP contribution in [0.15, 0.2) is 18.2 Å². The number of hydrogen-bond donors (Lipinski definition) is 1. The van der Waals surface area contributed by atoms with Gasteiger partial charge in [0.2, 0.25) is 5.91 Å². The second kappa shape index (κ2) is 8.09. The van der Waals surface area contributed by atoms with Crippen LogP contribution in [0.1, 0.15) is 38.7 Å². The fourth-order valence-electron chi connectivity index (χ4n) is 3.58. The summed E-state index contributed by atoms with van der Waals surface area (Å²) < 4.78 is 11.0. The predicted molar refractivity (Wildman–Crippen MR) is 97.9 cm³/mol. The van der Waals surface area contributed by atoms with Gasteiger partial charge in [-0.05, 0) is 49.8 Å². The van der Waals surface area contributed by atoms with Gasteiger partial charge in [-0.25, -0.2) is 0 Å². The minimum Gasteiger partial charge on any atom is -0.493 e. The maximum Gasteiger partial charge on any atom is 0.225 e. The molecule has 0 unspecified atom stereocenters. The number of rotatable bonds is 7. The molecule has 2 atom stereocenters. The molecule has 1 aliphatic carbocycles. The van der Waals surface area contributed by atoms with Gasteiger partial charge in [-0.1, -0.05) is 13.0 Å². The van der Waals surface area contributed by atoms with Crippen molar-refractivity contribution in [1.29, 1.82) is 0 Å². The van der Waals surface area contributed by atoms with Crippen molar-refractivity contribution >= 4 is 5.91 Å². The Balaban J connectivity index is 1.52. The monoisotopic (exact) mass is 346 g/mol. The van der Waals surface area contributed by atoms with Gasteiger partial charge in [0.1, 0.15) is 0 Å². The van der Waals surface area contributed by atoms with Crippen molar-refractivity contribution in [1.82, 2.24) is 10.2 Å². The van der Waals surface area contributed by atoms with E-state index in [2.05, 4.69) is 23.2 Å². The lowest BCUT2D eigenvalue weighted by Crippen LogP contribution is -2.50. The maximum absolute atomic E-state index is 12.2. The van der Waals surface area contributed by atoms with Crippen LogP contribution < -0.4 is 14.8 Å². The molecule has 5 nitrogen and oxygen atoms in total. The molecule has 138 valence electrons. The molecule has 0 bridgehead atoms. The third-order valence-electron chi connectivity index (χ3n) is 5.24.